The first-order valence-corrected chi connectivity index (χ1v) is 8.47. The van der Waals surface area contributed by atoms with E-state index in [9.17, 15) is 9.59 Å². The topological polar surface area (TPSA) is 65.5 Å². The van der Waals surface area contributed by atoms with Gasteiger partial charge < -0.3 is 9.47 Å². The minimum Gasteiger partial charge on any atom is -0.488 e. The number of ketones is 2. The Morgan fingerprint density at radius 1 is 1.12 bits per heavy atom. The summed E-state index contributed by atoms with van der Waals surface area (Å²) in [6.45, 7) is 0.347. The first-order chi connectivity index (χ1) is 11.7. The van der Waals surface area contributed by atoms with Gasteiger partial charge in [-0.2, -0.15) is 0 Å². The van der Waals surface area contributed by atoms with Crippen LogP contribution in [-0.2, 0) is 9.53 Å². The second-order valence-corrected chi connectivity index (χ2v) is 6.44. The van der Waals surface area contributed by atoms with Gasteiger partial charge in [0.05, 0.1) is 6.20 Å². The number of carbonyl (C=O) groups is 2. The molecule has 6 heteroatoms. The van der Waals surface area contributed by atoms with E-state index in [0.717, 1.165) is 0 Å². The summed E-state index contributed by atoms with van der Waals surface area (Å²) < 4.78 is 11.7. The molecule has 1 aliphatic carbocycles. The van der Waals surface area contributed by atoms with Gasteiger partial charge in [0.15, 0.2) is 0 Å². The highest BCUT2D eigenvalue weighted by Gasteiger charge is 2.38. The molecule has 0 radical (unpaired) electrons. The molecule has 1 aliphatic heterocycles. The van der Waals surface area contributed by atoms with Gasteiger partial charge in [-0.1, -0.05) is 24.3 Å². The van der Waals surface area contributed by atoms with Gasteiger partial charge in [0.2, 0.25) is 11.6 Å². The van der Waals surface area contributed by atoms with Crippen LogP contribution in [0.25, 0.3) is 5.76 Å². The molecule has 0 saturated heterocycles. The zero-order chi connectivity index (χ0) is 16.5. The van der Waals surface area contributed by atoms with Gasteiger partial charge in [-0.05, 0) is 12.1 Å². The predicted octanol–water partition coefficient (Wildman–Crippen LogP) is 2.73. The van der Waals surface area contributed by atoms with Crippen molar-refractivity contribution in [1.82, 2.24) is 4.98 Å². The lowest BCUT2D eigenvalue weighted by Gasteiger charge is -2.30. The van der Waals surface area contributed by atoms with Crippen LogP contribution in [0.4, 0.5) is 0 Å². The number of fused-ring (bicyclic) bond motifs is 2. The van der Waals surface area contributed by atoms with Crippen molar-refractivity contribution in [3.05, 3.63) is 64.8 Å². The molecule has 120 valence electrons. The summed E-state index contributed by atoms with van der Waals surface area (Å²) in [5.74, 6) is 0.763. The molecule has 0 N–H and O–H groups in total. The largest absolute Gasteiger partial charge is 0.488 e. The van der Waals surface area contributed by atoms with Crippen molar-refractivity contribution in [3.8, 4) is 5.75 Å². The Labute approximate surface area is 142 Å². The molecule has 2 aromatic rings. The number of hydrogen-bond acceptors (Lipinski definition) is 6. The van der Waals surface area contributed by atoms with Crippen LogP contribution in [0.1, 0.15) is 15.9 Å². The van der Waals surface area contributed by atoms with Crippen molar-refractivity contribution in [2.45, 2.75) is 6.10 Å². The van der Waals surface area contributed by atoms with Crippen LogP contribution >= 0.6 is 11.8 Å². The van der Waals surface area contributed by atoms with Gasteiger partial charge in [0, 0.05) is 23.1 Å². The minimum atomic E-state index is -0.486. The SMILES string of the molecule is O=C1C(=O)c2ccccc2C2=C1SCC(COc1cccnc1)O2. The van der Waals surface area contributed by atoms with E-state index < -0.39 is 11.6 Å². The highest BCUT2D eigenvalue weighted by atomic mass is 32.2. The smallest absolute Gasteiger partial charge is 0.243 e. The summed E-state index contributed by atoms with van der Waals surface area (Å²) in [6, 6.07) is 10.7. The number of benzene rings is 1. The summed E-state index contributed by atoms with van der Waals surface area (Å²) in [5.41, 5.74) is 1.08. The standard InChI is InChI=1S/C18H13NO4S/c20-15-13-5-1-2-6-14(13)17-18(16(15)21)24-10-12(23-17)9-22-11-4-3-7-19-8-11/h1-8,12H,9-10H2. The molecule has 24 heavy (non-hydrogen) atoms. The molecule has 1 aromatic carbocycles. The van der Waals surface area contributed by atoms with Crippen molar-refractivity contribution in [3.63, 3.8) is 0 Å². The first-order valence-electron chi connectivity index (χ1n) is 7.49. The number of nitrogens with zero attached hydrogens (tertiary/aromatic N) is 1. The quantitative estimate of drug-likeness (QED) is 0.801. The van der Waals surface area contributed by atoms with Crippen LogP contribution in [0.15, 0.2) is 53.7 Å². The average molecular weight is 339 g/mol. The normalized spacial score (nSPS) is 19.4. The molecule has 5 nitrogen and oxygen atoms in total. The fraction of sp³-hybridized carbons (Fsp3) is 0.167. The maximum absolute atomic E-state index is 12.3. The van der Waals surface area contributed by atoms with Crippen molar-refractivity contribution in [2.75, 3.05) is 12.4 Å². The number of pyridine rings is 1. The zero-order valence-electron chi connectivity index (χ0n) is 12.6. The van der Waals surface area contributed by atoms with Gasteiger partial charge in [-0.15, -0.1) is 11.8 Å². The molecule has 1 aromatic heterocycles. The van der Waals surface area contributed by atoms with Gasteiger partial charge in [0.1, 0.15) is 29.1 Å². The third-order valence-corrected chi connectivity index (χ3v) is 5.00. The van der Waals surface area contributed by atoms with E-state index in [0.29, 0.717) is 39.9 Å². The third kappa shape index (κ3) is 2.59. The molecule has 4 rings (SSSR count). The Morgan fingerprint density at radius 2 is 1.96 bits per heavy atom. The molecule has 2 heterocycles. The number of ether oxygens (including phenoxy) is 2. The van der Waals surface area contributed by atoms with Crippen LogP contribution < -0.4 is 4.74 Å². The van der Waals surface area contributed by atoms with Crippen LogP contribution in [-0.4, -0.2) is 35.0 Å². The molecule has 1 atom stereocenters. The summed E-state index contributed by atoms with van der Waals surface area (Å²) in [7, 11) is 0. The van der Waals surface area contributed by atoms with E-state index >= 15 is 0 Å². The Bertz CT molecular complexity index is 847. The van der Waals surface area contributed by atoms with Crippen LogP contribution in [0, 0.1) is 0 Å². The van der Waals surface area contributed by atoms with E-state index in [-0.39, 0.29) is 6.10 Å². The van der Waals surface area contributed by atoms with Crippen molar-refractivity contribution < 1.29 is 19.1 Å². The Balaban J connectivity index is 1.57. The second kappa shape index (κ2) is 6.13. The fourth-order valence-electron chi connectivity index (χ4n) is 2.66. The summed E-state index contributed by atoms with van der Waals surface area (Å²) >= 11 is 1.35. The molecule has 1 unspecified atom stereocenters. The van der Waals surface area contributed by atoms with Gasteiger partial charge >= 0.3 is 0 Å². The number of Topliss-reactive ketones (excluding diaryl/α,β-unsaturated/α-hetero) is 2. The molecule has 0 fully saturated rings. The number of carbonyl (C=O) groups excluding carboxylic acids is 2. The number of allylic oxidation sites excluding steroid dienone is 1. The molecule has 2 aliphatic rings. The highest BCUT2D eigenvalue weighted by Crippen LogP contribution is 2.40. The predicted molar refractivity (Wildman–Crippen MR) is 89.8 cm³/mol. The van der Waals surface area contributed by atoms with E-state index in [2.05, 4.69) is 4.98 Å². The van der Waals surface area contributed by atoms with E-state index in [1.165, 1.54) is 11.8 Å². The molecular weight excluding hydrogens is 326 g/mol. The Morgan fingerprint density at radius 3 is 2.75 bits per heavy atom. The van der Waals surface area contributed by atoms with Crippen LogP contribution in [0.3, 0.4) is 0 Å². The Kier molecular flexibility index (Phi) is 3.82. The van der Waals surface area contributed by atoms with Crippen LogP contribution in [0.2, 0.25) is 0 Å². The molecule has 0 amide bonds. The maximum atomic E-state index is 12.3. The van der Waals surface area contributed by atoms with Crippen molar-refractivity contribution >= 4 is 29.1 Å². The number of hydrogen-bond donors (Lipinski definition) is 0. The summed E-state index contributed by atoms with van der Waals surface area (Å²) in [4.78, 5) is 28.8. The lowest BCUT2D eigenvalue weighted by molar-refractivity contribution is -0.111. The second-order valence-electron chi connectivity index (χ2n) is 5.41. The number of thioether (sulfide) groups is 1. The number of rotatable bonds is 3. The van der Waals surface area contributed by atoms with Crippen molar-refractivity contribution in [2.24, 2.45) is 0 Å². The lowest BCUT2D eigenvalue weighted by atomic mass is 9.93. The van der Waals surface area contributed by atoms with E-state index in [4.69, 9.17) is 9.47 Å². The molecular formula is C18H13NO4S. The Hall–Kier alpha value is -2.60. The molecule has 0 saturated carbocycles. The van der Waals surface area contributed by atoms with Gasteiger partial charge in [0.25, 0.3) is 0 Å². The fourth-order valence-corrected chi connectivity index (χ4v) is 3.69. The minimum absolute atomic E-state index is 0.206. The van der Waals surface area contributed by atoms with Crippen molar-refractivity contribution in [1.29, 1.82) is 0 Å². The number of aromatic nitrogens is 1. The maximum Gasteiger partial charge on any atom is 0.243 e. The monoisotopic (exact) mass is 339 g/mol. The third-order valence-electron chi connectivity index (χ3n) is 3.80. The van der Waals surface area contributed by atoms with Gasteiger partial charge in [-0.25, -0.2) is 0 Å². The van der Waals surface area contributed by atoms with E-state index in [1.807, 2.05) is 12.1 Å². The summed E-state index contributed by atoms with van der Waals surface area (Å²) in [5, 5.41) is 0. The van der Waals surface area contributed by atoms with E-state index in [1.54, 1.807) is 36.7 Å². The summed E-state index contributed by atoms with van der Waals surface area (Å²) in [6.07, 6.45) is 3.11. The average Bonchev–Trinajstić information content (AvgIpc) is 2.65. The lowest BCUT2D eigenvalue weighted by Crippen LogP contribution is -2.32. The zero-order valence-corrected chi connectivity index (χ0v) is 13.4. The highest BCUT2D eigenvalue weighted by molar-refractivity contribution is 8.04. The van der Waals surface area contributed by atoms with Gasteiger partial charge in [-0.3, -0.25) is 14.6 Å². The molecule has 0 bridgehead atoms. The molecule has 0 spiro atoms. The first kappa shape index (κ1) is 15.0. The van der Waals surface area contributed by atoms with Crippen LogP contribution in [0.5, 0.6) is 5.75 Å².